The van der Waals surface area contributed by atoms with E-state index in [-0.39, 0.29) is 5.41 Å². The number of ether oxygens (including phenoxy) is 1. The molecule has 0 atom stereocenters. The van der Waals surface area contributed by atoms with E-state index >= 15 is 0 Å². The molecule has 0 bridgehead atoms. The van der Waals surface area contributed by atoms with Crippen molar-refractivity contribution in [2.75, 3.05) is 5.73 Å². The summed E-state index contributed by atoms with van der Waals surface area (Å²) < 4.78 is 19.3. The average molecular weight is 287 g/mol. The van der Waals surface area contributed by atoms with E-state index in [0.29, 0.717) is 11.4 Å². The first-order valence-electron chi connectivity index (χ1n) is 7.17. The summed E-state index contributed by atoms with van der Waals surface area (Å²) in [7, 11) is 0. The van der Waals surface area contributed by atoms with Gasteiger partial charge in [-0.25, -0.2) is 4.39 Å². The van der Waals surface area contributed by atoms with Crippen LogP contribution in [0.2, 0.25) is 0 Å². The fraction of sp³-hybridized carbons (Fsp3) is 0.333. The largest absolute Gasteiger partial charge is 0.457 e. The van der Waals surface area contributed by atoms with Gasteiger partial charge in [-0.15, -0.1) is 0 Å². The zero-order chi connectivity index (χ0) is 15.6. The van der Waals surface area contributed by atoms with Crippen LogP contribution in [0.1, 0.15) is 38.8 Å². The second-order valence-corrected chi connectivity index (χ2v) is 6.26. The highest BCUT2D eigenvalue weighted by molar-refractivity contribution is 5.48. The van der Waals surface area contributed by atoms with Gasteiger partial charge in [0.15, 0.2) is 0 Å². The molecule has 2 aromatic rings. The van der Waals surface area contributed by atoms with E-state index < -0.39 is 5.82 Å². The van der Waals surface area contributed by atoms with Crippen molar-refractivity contribution in [2.24, 2.45) is 0 Å². The molecule has 0 heterocycles. The van der Waals surface area contributed by atoms with Gasteiger partial charge in [-0.3, -0.25) is 0 Å². The molecule has 0 aliphatic rings. The van der Waals surface area contributed by atoms with E-state index in [1.165, 1.54) is 17.7 Å². The number of aryl methyl sites for hydroxylation is 1. The molecule has 0 aliphatic heterocycles. The van der Waals surface area contributed by atoms with Crippen LogP contribution in [-0.2, 0) is 11.8 Å². The van der Waals surface area contributed by atoms with Gasteiger partial charge in [0.05, 0.1) is 0 Å². The van der Waals surface area contributed by atoms with Gasteiger partial charge in [0.25, 0.3) is 0 Å². The summed E-state index contributed by atoms with van der Waals surface area (Å²) in [4.78, 5) is 0. The van der Waals surface area contributed by atoms with Crippen molar-refractivity contribution < 1.29 is 9.13 Å². The molecule has 2 aromatic carbocycles. The van der Waals surface area contributed by atoms with Crippen LogP contribution in [0.25, 0.3) is 0 Å². The number of nitrogen functional groups attached to an aromatic ring is 1. The Morgan fingerprint density at radius 3 is 2.38 bits per heavy atom. The van der Waals surface area contributed by atoms with Crippen molar-refractivity contribution in [1.29, 1.82) is 0 Å². The molecule has 0 fully saturated rings. The predicted octanol–water partition coefficient (Wildman–Crippen LogP) is 5.06. The molecule has 2 rings (SSSR count). The van der Waals surface area contributed by atoms with Gasteiger partial charge in [-0.2, -0.15) is 0 Å². The van der Waals surface area contributed by atoms with Crippen molar-refractivity contribution in [3.05, 3.63) is 53.3 Å². The van der Waals surface area contributed by atoms with Crippen molar-refractivity contribution in [3.8, 4) is 11.5 Å². The van der Waals surface area contributed by atoms with Gasteiger partial charge in [0, 0.05) is 23.4 Å². The number of hydrogen-bond donors (Lipinski definition) is 1. The summed E-state index contributed by atoms with van der Waals surface area (Å²) in [5.41, 5.74) is 8.32. The molecule has 0 saturated carbocycles. The number of rotatable bonds is 3. The van der Waals surface area contributed by atoms with Gasteiger partial charge >= 0.3 is 0 Å². The first-order valence-corrected chi connectivity index (χ1v) is 7.17. The van der Waals surface area contributed by atoms with E-state index in [4.69, 9.17) is 10.5 Å². The molecule has 0 saturated heterocycles. The first-order chi connectivity index (χ1) is 9.79. The van der Waals surface area contributed by atoms with Crippen LogP contribution < -0.4 is 10.5 Å². The molecular formula is C18H22FNO. The Hall–Kier alpha value is -2.03. The van der Waals surface area contributed by atoms with E-state index in [1.54, 1.807) is 6.07 Å². The first kappa shape index (κ1) is 15.4. The Balaban J connectivity index is 2.43. The Kier molecular flexibility index (Phi) is 4.21. The Bertz CT molecular complexity index is 624. The summed E-state index contributed by atoms with van der Waals surface area (Å²) in [6.45, 7) is 8.52. The Morgan fingerprint density at radius 1 is 1.10 bits per heavy atom. The number of hydrogen-bond acceptors (Lipinski definition) is 2. The van der Waals surface area contributed by atoms with Gasteiger partial charge in [0.1, 0.15) is 17.3 Å². The smallest absolute Gasteiger partial charge is 0.132 e. The molecule has 0 aromatic heterocycles. The minimum atomic E-state index is -0.396. The minimum Gasteiger partial charge on any atom is -0.457 e. The van der Waals surface area contributed by atoms with Crippen LogP contribution >= 0.6 is 0 Å². The maximum absolute atomic E-state index is 13.4. The van der Waals surface area contributed by atoms with E-state index in [1.807, 2.05) is 12.1 Å². The molecule has 2 N–H and O–H groups in total. The number of benzene rings is 2. The Labute approximate surface area is 125 Å². The third-order valence-corrected chi connectivity index (χ3v) is 3.38. The highest BCUT2D eigenvalue weighted by Gasteiger charge is 2.20. The van der Waals surface area contributed by atoms with Crippen LogP contribution in [0, 0.1) is 5.82 Å². The molecule has 3 heteroatoms. The highest BCUT2D eigenvalue weighted by Crippen LogP contribution is 2.35. The lowest BCUT2D eigenvalue weighted by Gasteiger charge is -2.23. The third-order valence-electron chi connectivity index (χ3n) is 3.38. The number of anilines is 1. The van der Waals surface area contributed by atoms with Gasteiger partial charge < -0.3 is 10.5 Å². The standard InChI is InChI=1S/C18H22FNO/c1-5-12-6-7-17(16(8-12)18(2,3)4)21-15-10-13(19)9-14(20)11-15/h6-11H,5,20H2,1-4H3. The lowest BCUT2D eigenvalue weighted by atomic mass is 9.85. The van der Waals surface area contributed by atoms with Gasteiger partial charge in [0.2, 0.25) is 0 Å². The van der Waals surface area contributed by atoms with Crippen LogP contribution in [0.5, 0.6) is 11.5 Å². The van der Waals surface area contributed by atoms with E-state index in [2.05, 4.69) is 33.8 Å². The molecule has 0 radical (unpaired) electrons. The maximum Gasteiger partial charge on any atom is 0.132 e. The van der Waals surface area contributed by atoms with E-state index in [0.717, 1.165) is 17.7 Å². The molecule has 0 amide bonds. The van der Waals surface area contributed by atoms with E-state index in [9.17, 15) is 4.39 Å². The molecule has 2 nitrogen and oxygen atoms in total. The lowest BCUT2D eigenvalue weighted by Crippen LogP contribution is -2.13. The van der Waals surface area contributed by atoms with Crippen molar-refractivity contribution >= 4 is 5.69 Å². The molecule has 0 unspecified atom stereocenters. The quantitative estimate of drug-likeness (QED) is 0.801. The summed E-state index contributed by atoms with van der Waals surface area (Å²) in [5, 5.41) is 0. The summed E-state index contributed by atoms with van der Waals surface area (Å²) >= 11 is 0. The number of nitrogens with two attached hydrogens (primary N) is 1. The highest BCUT2D eigenvalue weighted by atomic mass is 19.1. The minimum absolute atomic E-state index is 0.0562. The summed E-state index contributed by atoms with van der Waals surface area (Å²) in [5.74, 6) is 0.763. The second-order valence-electron chi connectivity index (χ2n) is 6.26. The SMILES string of the molecule is CCc1ccc(Oc2cc(N)cc(F)c2)c(C(C)(C)C)c1. The van der Waals surface area contributed by atoms with Crippen LogP contribution in [0.3, 0.4) is 0 Å². The molecule has 21 heavy (non-hydrogen) atoms. The summed E-state index contributed by atoms with van der Waals surface area (Å²) in [6.07, 6.45) is 0.969. The normalized spacial score (nSPS) is 11.5. The topological polar surface area (TPSA) is 35.2 Å². The van der Waals surface area contributed by atoms with Crippen LogP contribution in [0.15, 0.2) is 36.4 Å². The maximum atomic E-state index is 13.4. The molecule has 0 spiro atoms. The second kappa shape index (κ2) is 5.76. The zero-order valence-corrected chi connectivity index (χ0v) is 13.0. The third kappa shape index (κ3) is 3.75. The fourth-order valence-corrected chi connectivity index (χ4v) is 2.24. The molecule has 112 valence electrons. The van der Waals surface area contributed by atoms with Crippen molar-refractivity contribution in [1.82, 2.24) is 0 Å². The molecular weight excluding hydrogens is 265 g/mol. The zero-order valence-electron chi connectivity index (χ0n) is 13.0. The van der Waals surface area contributed by atoms with Gasteiger partial charge in [-0.1, -0.05) is 39.8 Å². The van der Waals surface area contributed by atoms with Crippen molar-refractivity contribution in [2.45, 2.75) is 39.5 Å². The average Bonchev–Trinajstić information content (AvgIpc) is 2.36. The van der Waals surface area contributed by atoms with Crippen LogP contribution in [0.4, 0.5) is 10.1 Å². The van der Waals surface area contributed by atoms with Crippen molar-refractivity contribution in [3.63, 3.8) is 0 Å². The summed E-state index contributed by atoms with van der Waals surface area (Å²) in [6, 6.07) is 10.4. The lowest BCUT2D eigenvalue weighted by molar-refractivity contribution is 0.451. The molecule has 0 aliphatic carbocycles. The van der Waals surface area contributed by atoms with Gasteiger partial charge in [-0.05, 0) is 29.5 Å². The number of halogens is 1. The van der Waals surface area contributed by atoms with Crippen LogP contribution in [-0.4, -0.2) is 0 Å². The monoisotopic (exact) mass is 287 g/mol. The fourth-order valence-electron chi connectivity index (χ4n) is 2.24. The predicted molar refractivity (Wildman–Crippen MR) is 85.4 cm³/mol. The Morgan fingerprint density at radius 2 is 1.81 bits per heavy atom.